The van der Waals surface area contributed by atoms with Crippen LogP contribution in [-0.4, -0.2) is 5.11 Å². The Hall–Kier alpha value is -1.71. The van der Waals surface area contributed by atoms with E-state index in [1.54, 1.807) is 6.07 Å². The number of rotatable bonds is 5. The van der Waals surface area contributed by atoms with Crippen LogP contribution in [0.1, 0.15) is 22.3 Å². The van der Waals surface area contributed by atoms with E-state index in [1.807, 2.05) is 37.3 Å². The fourth-order valence-electron chi connectivity index (χ4n) is 2.04. The van der Waals surface area contributed by atoms with Crippen molar-refractivity contribution in [3.05, 3.63) is 70.5 Å². The lowest BCUT2D eigenvalue weighted by Gasteiger charge is -2.09. The average Bonchev–Trinajstić information content (AvgIpc) is 2.41. The third kappa shape index (κ3) is 3.88. The van der Waals surface area contributed by atoms with E-state index in [-0.39, 0.29) is 12.4 Å². The van der Waals surface area contributed by atoms with Gasteiger partial charge in [-0.15, -0.1) is 0 Å². The fourth-order valence-corrected chi connectivity index (χ4v) is 2.04. The van der Waals surface area contributed by atoms with Gasteiger partial charge in [-0.1, -0.05) is 30.3 Å². The van der Waals surface area contributed by atoms with Gasteiger partial charge in [0.25, 0.3) is 0 Å². The van der Waals surface area contributed by atoms with Crippen LogP contribution >= 0.6 is 0 Å². The first-order valence-electron chi connectivity index (χ1n) is 6.33. The maximum atomic E-state index is 13.0. The van der Waals surface area contributed by atoms with Crippen molar-refractivity contribution in [3.8, 4) is 0 Å². The van der Waals surface area contributed by atoms with E-state index in [0.717, 1.165) is 28.8 Å². The number of hydrogen-bond donors (Lipinski definition) is 2. The largest absolute Gasteiger partial charge is 0.392 e. The zero-order chi connectivity index (χ0) is 13.7. The van der Waals surface area contributed by atoms with Crippen LogP contribution in [0.15, 0.2) is 42.5 Å². The summed E-state index contributed by atoms with van der Waals surface area (Å²) in [7, 11) is 0. The summed E-state index contributed by atoms with van der Waals surface area (Å²) in [6.45, 7) is 3.40. The van der Waals surface area contributed by atoms with E-state index in [1.165, 1.54) is 6.07 Å². The van der Waals surface area contributed by atoms with Crippen LogP contribution in [0, 0.1) is 12.7 Å². The number of halogens is 1. The lowest BCUT2D eigenvalue weighted by Crippen LogP contribution is -2.13. The van der Waals surface area contributed by atoms with Crippen molar-refractivity contribution in [2.24, 2.45) is 0 Å². The minimum Gasteiger partial charge on any atom is -0.392 e. The lowest BCUT2D eigenvalue weighted by molar-refractivity contribution is 0.281. The van der Waals surface area contributed by atoms with E-state index in [4.69, 9.17) is 5.11 Å². The molecule has 0 radical (unpaired) electrons. The van der Waals surface area contributed by atoms with E-state index < -0.39 is 0 Å². The molecule has 0 bridgehead atoms. The highest BCUT2D eigenvalue weighted by Crippen LogP contribution is 2.10. The predicted octanol–water partition coefficient (Wildman–Crippen LogP) is 2.92. The van der Waals surface area contributed by atoms with Crippen LogP contribution in [0.25, 0.3) is 0 Å². The molecule has 0 spiro atoms. The first kappa shape index (κ1) is 13.7. The van der Waals surface area contributed by atoms with Gasteiger partial charge in [0.2, 0.25) is 0 Å². The second kappa shape index (κ2) is 6.45. The molecule has 0 atom stereocenters. The second-order valence-electron chi connectivity index (χ2n) is 4.65. The molecule has 0 saturated carbocycles. The summed E-state index contributed by atoms with van der Waals surface area (Å²) in [6.07, 6.45) is 0. The van der Waals surface area contributed by atoms with Crippen LogP contribution in [-0.2, 0) is 19.7 Å². The van der Waals surface area contributed by atoms with Gasteiger partial charge in [-0.25, -0.2) is 4.39 Å². The summed E-state index contributed by atoms with van der Waals surface area (Å²) >= 11 is 0. The van der Waals surface area contributed by atoms with Gasteiger partial charge in [0.1, 0.15) is 5.82 Å². The lowest BCUT2D eigenvalue weighted by atomic mass is 10.1. The molecular formula is C16H18FNO. The molecule has 2 nitrogen and oxygen atoms in total. The number of benzene rings is 2. The van der Waals surface area contributed by atoms with Crippen LogP contribution < -0.4 is 5.32 Å². The van der Waals surface area contributed by atoms with Crippen LogP contribution in [0.5, 0.6) is 0 Å². The predicted molar refractivity (Wildman–Crippen MR) is 74.0 cm³/mol. The highest BCUT2D eigenvalue weighted by atomic mass is 19.1. The minimum absolute atomic E-state index is 0.0604. The molecule has 2 N–H and O–H groups in total. The zero-order valence-electron chi connectivity index (χ0n) is 11.0. The highest BCUT2D eigenvalue weighted by molar-refractivity contribution is 5.27. The van der Waals surface area contributed by atoms with Gasteiger partial charge in [0, 0.05) is 13.1 Å². The van der Waals surface area contributed by atoms with Gasteiger partial charge < -0.3 is 10.4 Å². The van der Waals surface area contributed by atoms with Crippen molar-refractivity contribution in [2.75, 3.05) is 0 Å². The molecule has 100 valence electrons. The molecule has 0 aliphatic rings. The Bertz CT molecular complexity index is 554. The fraction of sp³-hybridized carbons (Fsp3) is 0.250. The molecule has 2 aromatic rings. The normalized spacial score (nSPS) is 10.7. The molecule has 0 amide bonds. The minimum atomic E-state index is -0.197. The van der Waals surface area contributed by atoms with Crippen molar-refractivity contribution >= 4 is 0 Å². The van der Waals surface area contributed by atoms with E-state index in [0.29, 0.717) is 6.54 Å². The van der Waals surface area contributed by atoms with Gasteiger partial charge in [-0.2, -0.15) is 0 Å². The van der Waals surface area contributed by atoms with Crippen molar-refractivity contribution in [3.63, 3.8) is 0 Å². The van der Waals surface area contributed by atoms with Crippen LogP contribution in [0.4, 0.5) is 4.39 Å². The van der Waals surface area contributed by atoms with Crippen molar-refractivity contribution in [1.29, 1.82) is 0 Å². The molecule has 0 heterocycles. The summed E-state index contributed by atoms with van der Waals surface area (Å²) in [5.74, 6) is -0.197. The maximum absolute atomic E-state index is 13.0. The topological polar surface area (TPSA) is 32.3 Å². The Balaban J connectivity index is 1.92. The van der Waals surface area contributed by atoms with Gasteiger partial charge in [-0.3, -0.25) is 0 Å². The quantitative estimate of drug-likeness (QED) is 0.865. The Kier molecular flexibility index (Phi) is 4.66. The number of aryl methyl sites for hydroxylation is 1. The molecule has 0 aromatic heterocycles. The van der Waals surface area contributed by atoms with E-state index >= 15 is 0 Å². The molecule has 0 saturated heterocycles. The summed E-state index contributed by atoms with van der Waals surface area (Å²) < 4.78 is 13.0. The molecular weight excluding hydrogens is 241 g/mol. The summed E-state index contributed by atoms with van der Waals surface area (Å²) in [4.78, 5) is 0. The third-order valence-electron chi connectivity index (χ3n) is 3.12. The van der Waals surface area contributed by atoms with E-state index in [2.05, 4.69) is 5.32 Å². The Morgan fingerprint density at radius 2 is 1.84 bits per heavy atom. The molecule has 3 heteroatoms. The molecule has 0 aliphatic heterocycles. The van der Waals surface area contributed by atoms with Gasteiger partial charge in [0.05, 0.1) is 6.61 Å². The van der Waals surface area contributed by atoms with Crippen molar-refractivity contribution < 1.29 is 9.50 Å². The highest BCUT2D eigenvalue weighted by Gasteiger charge is 2.00. The van der Waals surface area contributed by atoms with Gasteiger partial charge in [-0.05, 0) is 41.3 Å². The summed E-state index contributed by atoms with van der Waals surface area (Å²) in [5, 5.41) is 12.4. The molecule has 0 fully saturated rings. The summed E-state index contributed by atoms with van der Waals surface area (Å²) in [5.41, 5.74) is 4.10. The second-order valence-corrected chi connectivity index (χ2v) is 4.65. The average molecular weight is 259 g/mol. The monoisotopic (exact) mass is 259 g/mol. The molecule has 0 aliphatic carbocycles. The molecule has 0 unspecified atom stereocenters. The Labute approximate surface area is 112 Å². The number of nitrogens with one attached hydrogen (secondary N) is 1. The Morgan fingerprint density at radius 3 is 2.58 bits per heavy atom. The van der Waals surface area contributed by atoms with Crippen LogP contribution in [0.3, 0.4) is 0 Å². The van der Waals surface area contributed by atoms with Crippen molar-refractivity contribution in [2.45, 2.75) is 26.6 Å². The van der Waals surface area contributed by atoms with Gasteiger partial charge in [0.15, 0.2) is 0 Å². The Morgan fingerprint density at radius 1 is 1.05 bits per heavy atom. The van der Waals surface area contributed by atoms with Crippen LogP contribution in [0.2, 0.25) is 0 Å². The van der Waals surface area contributed by atoms with E-state index in [9.17, 15) is 4.39 Å². The standard InChI is InChI=1S/C16H18FNO/c1-12-7-16(17)6-5-15(12)10-18-9-13-3-2-4-14(8-13)11-19/h2-8,18-19H,9-11H2,1H3. The summed E-state index contributed by atoms with van der Waals surface area (Å²) in [6, 6.07) is 12.7. The number of aliphatic hydroxyl groups is 1. The SMILES string of the molecule is Cc1cc(F)ccc1CNCc1cccc(CO)c1. The maximum Gasteiger partial charge on any atom is 0.123 e. The molecule has 2 aromatic carbocycles. The smallest absolute Gasteiger partial charge is 0.123 e. The van der Waals surface area contributed by atoms with Crippen molar-refractivity contribution in [1.82, 2.24) is 5.32 Å². The van der Waals surface area contributed by atoms with Gasteiger partial charge >= 0.3 is 0 Å². The first-order valence-corrected chi connectivity index (χ1v) is 6.33. The number of aliphatic hydroxyl groups excluding tert-OH is 1. The zero-order valence-corrected chi connectivity index (χ0v) is 11.0. The molecule has 2 rings (SSSR count). The first-order chi connectivity index (χ1) is 9.19. The third-order valence-corrected chi connectivity index (χ3v) is 3.12. The molecule has 19 heavy (non-hydrogen) atoms. The number of hydrogen-bond acceptors (Lipinski definition) is 2.